The van der Waals surface area contributed by atoms with Crippen LogP contribution in [0.2, 0.25) is 0 Å². The molecule has 0 N–H and O–H groups in total. The Hall–Kier alpha value is -1.85. The van der Waals surface area contributed by atoms with E-state index in [0.717, 1.165) is 29.6 Å². The Morgan fingerprint density at radius 3 is 2.89 bits per heavy atom. The maximum absolute atomic E-state index is 6.20. The Kier molecular flexibility index (Phi) is 4.54. The van der Waals surface area contributed by atoms with Crippen molar-refractivity contribution in [2.24, 2.45) is 4.99 Å². The fraction of sp³-hybridized carbons (Fsp3) is 0.250. The summed E-state index contributed by atoms with van der Waals surface area (Å²) in [5.74, 6) is 6.19. The van der Waals surface area contributed by atoms with Crippen LogP contribution in [-0.2, 0) is 0 Å². The summed E-state index contributed by atoms with van der Waals surface area (Å²) in [5.41, 5.74) is 4.13. The van der Waals surface area contributed by atoms with Crippen molar-refractivity contribution in [1.82, 2.24) is 4.98 Å². The third-order valence-corrected chi connectivity index (χ3v) is 3.22. The molecule has 19 heavy (non-hydrogen) atoms. The van der Waals surface area contributed by atoms with Crippen LogP contribution < -0.4 is 0 Å². The minimum atomic E-state index is 0.470. The first-order valence-corrected chi connectivity index (χ1v) is 6.62. The highest BCUT2D eigenvalue weighted by Crippen LogP contribution is 2.22. The number of aromatic nitrogens is 1. The molecule has 0 saturated heterocycles. The second-order valence-corrected chi connectivity index (χ2v) is 4.74. The SMILES string of the molecule is CCC1=CN=C(Cl)C(C#Cc2cccnc2)=C(C)C1. The number of nitrogens with zero attached hydrogens (tertiary/aromatic N) is 2. The predicted molar refractivity (Wildman–Crippen MR) is 80.1 cm³/mol. The molecule has 0 unspecified atom stereocenters. The maximum atomic E-state index is 6.20. The van der Waals surface area contributed by atoms with Crippen molar-refractivity contribution >= 4 is 16.8 Å². The van der Waals surface area contributed by atoms with E-state index in [-0.39, 0.29) is 0 Å². The van der Waals surface area contributed by atoms with Crippen LogP contribution in [-0.4, -0.2) is 10.2 Å². The molecule has 1 aliphatic heterocycles. The van der Waals surface area contributed by atoms with Crippen LogP contribution in [0.3, 0.4) is 0 Å². The van der Waals surface area contributed by atoms with E-state index in [4.69, 9.17) is 11.6 Å². The fourth-order valence-electron chi connectivity index (χ4n) is 1.81. The minimum absolute atomic E-state index is 0.470. The van der Waals surface area contributed by atoms with Gasteiger partial charge in [0.2, 0.25) is 0 Å². The molecule has 96 valence electrons. The molecule has 0 amide bonds. The normalized spacial score (nSPS) is 15.1. The van der Waals surface area contributed by atoms with Gasteiger partial charge in [-0.2, -0.15) is 0 Å². The van der Waals surface area contributed by atoms with Gasteiger partial charge >= 0.3 is 0 Å². The van der Waals surface area contributed by atoms with Gasteiger partial charge in [0.25, 0.3) is 0 Å². The Labute approximate surface area is 118 Å². The number of rotatable bonds is 1. The van der Waals surface area contributed by atoms with Gasteiger partial charge in [0, 0.05) is 24.2 Å². The average Bonchev–Trinajstić information content (AvgIpc) is 2.57. The Morgan fingerprint density at radius 2 is 2.21 bits per heavy atom. The van der Waals surface area contributed by atoms with E-state index in [1.165, 1.54) is 5.57 Å². The number of hydrogen-bond donors (Lipinski definition) is 0. The molecule has 0 bridgehead atoms. The molecular formula is C16H15ClN2. The van der Waals surface area contributed by atoms with E-state index in [1.807, 2.05) is 18.3 Å². The van der Waals surface area contributed by atoms with Crippen LogP contribution >= 0.6 is 11.6 Å². The van der Waals surface area contributed by atoms with Gasteiger partial charge in [-0.05, 0) is 37.5 Å². The number of aliphatic imine (C=N–C) groups is 1. The van der Waals surface area contributed by atoms with Crippen molar-refractivity contribution in [3.05, 3.63) is 53.0 Å². The number of allylic oxidation sites excluding steroid dienone is 3. The summed E-state index contributed by atoms with van der Waals surface area (Å²) in [6.07, 6.45) is 7.18. The standard InChI is InChI=1S/C16H15ClN2/c1-3-13-9-12(2)15(16(17)19-11-13)7-6-14-5-4-8-18-10-14/h4-5,8,10-11H,3,9H2,1-2H3. The summed E-state index contributed by atoms with van der Waals surface area (Å²) in [7, 11) is 0. The van der Waals surface area contributed by atoms with E-state index in [9.17, 15) is 0 Å². The van der Waals surface area contributed by atoms with Crippen LogP contribution in [0, 0.1) is 11.8 Å². The van der Waals surface area contributed by atoms with E-state index in [2.05, 4.69) is 35.7 Å². The van der Waals surface area contributed by atoms with Gasteiger partial charge in [-0.15, -0.1) is 0 Å². The molecule has 0 saturated carbocycles. The van der Waals surface area contributed by atoms with Crippen molar-refractivity contribution < 1.29 is 0 Å². The van der Waals surface area contributed by atoms with Crippen LogP contribution in [0.4, 0.5) is 0 Å². The second-order valence-electron chi connectivity index (χ2n) is 4.38. The zero-order chi connectivity index (χ0) is 13.7. The predicted octanol–water partition coefficient (Wildman–Crippen LogP) is 4.08. The quantitative estimate of drug-likeness (QED) is 0.706. The van der Waals surface area contributed by atoms with Crippen molar-refractivity contribution in [2.75, 3.05) is 0 Å². The van der Waals surface area contributed by atoms with Crippen LogP contribution in [0.1, 0.15) is 32.3 Å². The molecule has 0 spiro atoms. The smallest absolute Gasteiger partial charge is 0.144 e. The van der Waals surface area contributed by atoms with Gasteiger partial charge in [-0.3, -0.25) is 4.98 Å². The highest BCUT2D eigenvalue weighted by atomic mass is 35.5. The van der Waals surface area contributed by atoms with Gasteiger partial charge < -0.3 is 0 Å². The lowest BCUT2D eigenvalue weighted by Crippen LogP contribution is -1.95. The molecule has 1 aromatic rings. The molecule has 2 rings (SSSR count). The van der Waals surface area contributed by atoms with Crippen molar-refractivity contribution in [3.63, 3.8) is 0 Å². The van der Waals surface area contributed by atoms with Gasteiger partial charge in [0.15, 0.2) is 0 Å². The largest absolute Gasteiger partial charge is 0.263 e. The number of pyridine rings is 1. The fourth-order valence-corrected chi connectivity index (χ4v) is 2.07. The van der Waals surface area contributed by atoms with E-state index in [0.29, 0.717) is 5.17 Å². The summed E-state index contributed by atoms with van der Waals surface area (Å²) >= 11 is 6.20. The van der Waals surface area contributed by atoms with Gasteiger partial charge in [-0.1, -0.05) is 35.9 Å². The Bertz CT molecular complexity index is 613. The molecule has 3 heteroatoms. The first-order chi connectivity index (χ1) is 9.20. The minimum Gasteiger partial charge on any atom is -0.263 e. The van der Waals surface area contributed by atoms with Crippen LogP contribution in [0.5, 0.6) is 0 Å². The third kappa shape index (κ3) is 3.56. The van der Waals surface area contributed by atoms with Gasteiger partial charge in [0.05, 0.1) is 5.57 Å². The van der Waals surface area contributed by atoms with Crippen molar-refractivity contribution in [1.29, 1.82) is 0 Å². The first kappa shape index (κ1) is 13.6. The molecule has 1 aliphatic rings. The molecular weight excluding hydrogens is 256 g/mol. The zero-order valence-electron chi connectivity index (χ0n) is 11.1. The molecule has 0 fully saturated rings. The number of hydrogen-bond acceptors (Lipinski definition) is 2. The third-order valence-electron chi connectivity index (χ3n) is 2.93. The van der Waals surface area contributed by atoms with Crippen molar-refractivity contribution in [3.8, 4) is 11.8 Å². The monoisotopic (exact) mass is 270 g/mol. The summed E-state index contributed by atoms with van der Waals surface area (Å²) in [6.45, 7) is 4.18. The maximum Gasteiger partial charge on any atom is 0.144 e. The van der Waals surface area contributed by atoms with E-state index >= 15 is 0 Å². The summed E-state index contributed by atoms with van der Waals surface area (Å²) < 4.78 is 0. The molecule has 2 nitrogen and oxygen atoms in total. The Morgan fingerprint density at radius 1 is 1.37 bits per heavy atom. The Balaban J connectivity index is 2.32. The lowest BCUT2D eigenvalue weighted by molar-refractivity contribution is 0.984. The highest BCUT2D eigenvalue weighted by Gasteiger charge is 2.10. The van der Waals surface area contributed by atoms with Crippen molar-refractivity contribution in [2.45, 2.75) is 26.7 Å². The highest BCUT2D eigenvalue weighted by molar-refractivity contribution is 6.70. The summed E-state index contributed by atoms with van der Waals surface area (Å²) in [6, 6.07) is 3.79. The average molecular weight is 271 g/mol. The molecule has 0 atom stereocenters. The molecule has 0 aliphatic carbocycles. The topological polar surface area (TPSA) is 25.2 Å². The summed E-state index contributed by atoms with van der Waals surface area (Å²) in [5, 5.41) is 0.470. The second kappa shape index (κ2) is 6.36. The lowest BCUT2D eigenvalue weighted by atomic mass is 10.0. The van der Waals surface area contributed by atoms with E-state index < -0.39 is 0 Å². The molecule has 0 aromatic carbocycles. The van der Waals surface area contributed by atoms with Gasteiger partial charge in [0.1, 0.15) is 5.17 Å². The summed E-state index contributed by atoms with van der Waals surface area (Å²) in [4.78, 5) is 8.30. The zero-order valence-corrected chi connectivity index (χ0v) is 11.8. The first-order valence-electron chi connectivity index (χ1n) is 6.24. The van der Waals surface area contributed by atoms with Crippen LogP contribution in [0.25, 0.3) is 0 Å². The lowest BCUT2D eigenvalue weighted by Gasteiger charge is -2.03. The van der Waals surface area contributed by atoms with Crippen LogP contribution in [0.15, 0.2) is 52.4 Å². The molecule has 0 radical (unpaired) electrons. The molecule has 1 aromatic heterocycles. The van der Waals surface area contributed by atoms with Gasteiger partial charge in [-0.25, -0.2) is 4.99 Å². The number of halogens is 1. The van der Waals surface area contributed by atoms with E-state index in [1.54, 1.807) is 12.4 Å². The molecule has 2 heterocycles.